The molecule has 33 heavy (non-hydrogen) atoms. The minimum atomic E-state index is -0.480. The van der Waals surface area contributed by atoms with Gasteiger partial charge in [0.15, 0.2) is 11.5 Å². The normalized spacial score (nSPS) is 22.3. The van der Waals surface area contributed by atoms with Crippen molar-refractivity contribution in [1.82, 2.24) is 14.7 Å². The highest BCUT2D eigenvalue weighted by molar-refractivity contribution is 6.02. The SMILES string of the molecule is CCN1CCN(C(=O)[C@H]2c3cc(OC)c(OC)cc3C(=O)N3CCc4ccccc4[C@@H]23)CC1. The van der Waals surface area contributed by atoms with E-state index in [4.69, 9.17) is 9.47 Å². The number of nitrogens with zero attached hydrogens (tertiary/aromatic N) is 3. The number of fused-ring (bicyclic) bond motifs is 4. The highest BCUT2D eigenvalue weighted by Crippen LogP contribution is 2.49. The zero-order chi connectivity index (χ0) is 23.1. The lowest BCUT2D eigenvalue weighted by Crippen LogP contribution is -2.54. The van der Waals surface area contributed by atoms with Crippen LogP contribution >= 0.6 is 0 Å². The molecule has 2 amide bonds. The molecule has 0 aromatic heterocycles. The van der Waals surface area contributed by atoms with Gasteiger partial charge in [0.25, 0.3) is 5.91 Å². The Morgan fingerprint density at radius 1 is 0.970 bits per heavy atom. The van der Waals surface area contributed by atoms with Crippen molar-refractivity contribution in [2.45, 2.75) is 25.3 Å². The van der Waals surface area contributed by atoms with Crippen LogP contribution in [0, 0.1) is 0 Å². The van der Waals surface area contributed by atoms with Gasteiger partial charge >= 0.3 is 0 Å². The van der Waals surface area contributed by atoms with Gasteiger partial charge in [0.05, 0.1) is 26.2 Å². The smallest absolute Gasteiger partial charge is 0.254 e. The molecule has 0 bridgehead atoms. The average Bonchev–Trinajstić information content (AvgIpc) is 2.87. The summed E-state index contributed by atoms with van der Waals surface area (Å²) in [4.78, 5) is 34.0. The first-order chi connectivity index (χ1) is 16.1. The highest BCUT2D eigenvalue weighted by atomic mass is 16.5. The van der Waals surface area contributed by atoms with Gasteiger partial charge < -0.3 is 24.2 Å². The van der Waals surface area contributed by atoms with Crippen molar-refractivity contribution in [1.29, 1.82) is 0 Å². The van der Waals surface area contributed by atoms with E-state index in [2.05, 4.69) is 24.0 Å². The van der Waals surface area contributed by atoms with Crippen molar-refractivity contribution in [3.05, 3.63) is 58.7 Å². The number of piperazine rings is 1. The molecule has 0 spiro atoms. The topological polar surface area (TPSA) is 62.3 Å². The Labute approximate surface area is 194 Å². The van der Waals surface area contributed by atoms with Crippen molar-refractivity contribution in [3.63, 3.8) is 0 Å². The monoisotopic (exact) mass is 449 g/mol. The van der Waals surface area contributed by atoms with E-state index in [1.165, 1.54) is 5.56 Å². The van der Waals surface area contributed by atoms with Crippen LogP contribution in [0.4, 0.5) is 0 Å². The van der Waals surface area contributed by atoms with E-state index < -0.39 is 5.92 Å². The van der Waals surface area contributed by atoms with E-state index in [0.29, 0.717) is 36.7 Å². The number of hydrogen-bond donors (Lipinski definition) is 0. The molecule has 2 aromatic carbocycles. The fraction of sp³-hybridized carbons (Fsp3) is 0.462. The Hall–Kier alpha value is -3.06. The summed E-state index contributed by atoms with van der Waals surface area (Å²) in [6, 6.07) is 11.5. The van der Waals surface area contributed by atoms with Crippen molar-refractivity contribution in [3.8, 4) is 11.5 Å². The van der Waals surface area contributed by atoms with E-state index >= 15 is 0 Å². The van der Waals surface area contributed by atoms with Gasteiger partial charge in [-0.3, -0.25) is 9.59 Å². The number of carbonyl (C=O) groups is 2. The summed E-state index contributed by atoms with van der Waals surface area (Å²) in [5, 5.41) is 0. The summed E-state index contributed by atoms with van der Waals surface area (Å²) in [5.41, 5.74) is 3.56. The summed E-state index contributed by atoms with van der Waals surface area (Å²) in [7, 11) is 3.14. The molecule has 0 unspecified atom stereocenters. The zero-order valence-corrected chi connectivity index (χ0v) is 19.5. The van der Waals surface area contributed by atoms with Gasteiger partial charge in [0.1, 0.15) is 0 Å². The van der Waals surface area contributed by atoms with Crippen LogP contribution in [0.2, 0.25) is 0 Å². The average molecular weight is 450 g/mol. The lowest BCUT2D eigenvalue weighted by atomic mass is 9.75. The Balaban J connectivity index is 1.64. The molecule has 0 aliphatic carbocycles. The fourth-order valence-electron chi connectivity index (χ4n) is 5.60. The van der Waals surface area contributed by atoms with E-state index in [1.54, 1.807) is 20.3 Å². The third-order valence-corrected chi connectivity index (χ3v) is 7.43. The molecule has 0 N–H and O–H groups in total. The Bertz CT molecular complexity index is 1080. The van der Waals surface area contributed by atoms with Crippen molar-refractivity contribution in [2.75, 3.05) is 53.5 Å². The van der Waals surface area contributed by atoms with Gasteiger partial charge in [-0.25, -0.2) is 0 Å². The second-order valence-electron chi connectivity index (χ2n) is 8.92. The van der Waals surface area contributed by atoms with Crippen LogP contribution < -0.4 is 9.47 Å². The number of methoxy groups -OCH3 is 2. The molecule has 1 saturated heterocycles. The molecule has 2 atom stereocenters. The molecule has 0 radical (unpaired) electrons. The zero-order valence-electron chi connectivity index (χ0n) is 19.5. The maximum absolute atomic E-state index is 14.1. The summed E-state index contributed by atoms with van der Waals surface area (Å²) in [6.07, 6.45) is 0.789. The van der Waals surface area contributed by atoms with Crippen LogP contribution in [0.15, 0.2) is 36.4 Å². The van der Waals surface area contributed by atoms with Gasteiger partial charge in [-0.05, 0) is 41.8 Å². The van der Waals surface area contributed by atoms with Crippen LogP contribution in [0.25, 0.3) is 0 Å². The first kappa shape index (κ1) is 21.8. The summed E-state index contributed by atoms with van der Waals surface area (Å²) >= 11 is 0. The summed E-state index contributed by atoms with van der Waals surface area (Å²) in [6.45, 7) is 6.89. The third-order valence-electron chi connectivity index (χ3n) is 7.43. The van der Waals surface area contributed by atoms with Gasteiger partial charge in [-0.15, -0.1) is 0 Å². The molecule has 3 aliphatic rings. The maximum atomic E-state index is 14.1. The van der Waals surface area contributed by atoms with Crippen molar-refractivity contribution in [2.24, 2.45) is 0 Å². The molecular formula is C26H31N3O4. The van der Waals surface area contributed by atoms with Gasteiger partial charge in [-0.2, -0.15) is 0 Å². The largest absolute Gasteiger partial charge is 0.493 e. The quantitative estimate of drug-likeness (QED) is 0.718. The second-order valence-corrected chi connectivity index (χ2v) is 8.92. The van der Waals surface area contributed by atoms with E-state index in [0.717, 1.165) is 37.2 Å². The van der Waals surface area contributed by atoms with E-state index in [9.17, 15) is 9.59 Å². The number of likely N-dealkylation sites (N-methyl/N-ethyl adjacent to an activating group) is 1. The molecule has 0 saturated carbocycles. The van der Waals surface area contributed by atoms with Crippen molar-refractivity contribution < 1.29 is 19.1 Å². The molecule has 3 heterocycles. The molecule has 7 nitrogen and oxygen atoms in total. The Morgan fingerprint density at radius 3 is 2.36 bits per heavy atom. The molecule has 2 aromatic rings. The highest BCUT2D eigenvalue weighted by Gasteiger charge is 2.48. The predicted octanol–water partition coefficient (Wildman–Crippen LogP) is 2.70. The number of benzene rings is 2. The molecule has 7 heteroatoms. The summed E-state index contributed by atoms with van der Waals surface area (Å²) in [5.74, 6) is 0.592. The van der Waals surface area contributed by atoms with Crippen LogP contribution in [-0.4, -0.2) is 80.0 Å². The van der Waals surface area contributed by atoms with Crippen LogP contribution in [-0.2, 0) is 11.2 Å². The number of ether oxygens (including phenoxy) is 2. The Morgan fingerprint density at radius 2 is 1.67 bits per heavy atom. The second kappa shape index (κ2) is 8.71. The van der Waals surface area contributed by atoms with Gasteiger partial charge in [0.2, 0.25) is 5.91 Å². The molecule has 174 valence electrons. The molecule has 1 fully saturated rings. The van der Waals surface area contributed by atoms with Crippen LogP contribution in [0.5, 0.6) is 11.5 Å². The lowest BCUT2D eigenvalue weighted by Gasteiger charge is -2.47. The summed E-state index contributed by atoms with van der Waals surface area (Å²) < 4.78 is 11.0. The van der Waals surface area contributed by atoms with E-state index in [1.807, 2.05) is 28.0 Å². The predicted molar refractivity (Wildman–Crippen MR) is 125 cm³/mol. The number of amides is 2. The first-order valence-electron chi connectivity index (χ1n) is 11.7. The first-order valence-corrected chi connectivity index (χ1v) is 11.7. The molecule has 3 aliphatic heterocycles. The number of hydrogen-bond acceptors (Lipinski definition) is 5. The molecular weight excluding hydrogens is 418 g/mol. The van der Waals surface area contributed by atoms with Crippen LogP contribution in [0.1, 0.15) is 45.9 Å². The van der Waals surface area contributed by atoms with Crippen LogP contribution in [0.3, 0.4) is 0 Å². The lowest BCUT2D eigenvalue weighted by molar-refractivity contribution is -0.136. The number of carbonyl (C=O) groups excluding carboxylic acids is 2. The molecule has 5 rings (SSSR count). The minimum absolute atomic E-state index is 0.0506. The van der Waals surface area contributed by atoms with E-state index in [-0.39, 0.29) is 17.9 Å². The Kier molecular flexibility index (Phi) is 5.74. The third kappa shape index (κ3) is 3.55. The number of rotatable bonds is 4. The standard InChI is InChI=1S/C26H31N3O4/c1-4-27-11-13-28(14-12-27)26(31)23-19-15-21(32-2)22(33-3)16-20(19)25(30)29-10-9-17-7-5-6-8-18(17)24(23)29/h5-8,15-16,23-24H,4,9-14H2,1-3H3/t23-,24-/m0/s1. The maximum Gasteiger partial charge on any atom is 0.254 e. The minimum Gasteiger partial charge on any atom is -0.493 e. The van der Waals surface area contributed by atoms with Gasteiger partial charge in [-0.1, -0.05) is 31.2 Å². The van der Waals surface area contributed by atoms with Gasteiger partial charge in [0, 0.05) is 38.3 Å². The van der Waals surface area contributed by atoms with Crippen molar-refractivity contribution >= 4 is 11.8 Å². The fourth-order valence-corrected chi connectivity index (χ4v) is 5.60.